The van der Waals surface area contributed by atoms with E-state index in [1.807, 2.05) is 0 Å². The SMILES string of the molecule is CC(C)NS(=O)(=O)CC(N)C(=O)O. The summed E-state index contributed by atoms with van der Waals surface area (Å²) in [4.78, 5) is 10.2. The van der Waals surface area contributed by atoms with Crippen LogP contribution in [-0.4, -0.2) is 37.3 Å². The van der Waals surface area contributed by atoms with Crippen LogP contribution in [0.3, 0.4) is 0 Å². The van der Waals surface area contributed by atoms with Crippen LogP contribution in [0.2, 0.25) is 0 Å². The van der Waals surface area contributed by atoms with E-state index in [0.29, 0.717) is 0 Å². The number of hydrogen-bond acceptors (Lipinski definition) is 4. The number of carbonyl (C=O) groups is 1. The highest BCUT2D eigenvalue weighted by molar-refractivity contribution is 7.89. The molecule has 13 heavy (non-hydrogen) atoms. The average Bonchev–Trinajstić information content (AvgIpc) is 1.81. The predicted octanol–water partition coefficient (Wildman–Crippen LogP) is -1.27. The highest BCUT2D eigenvalue weighted by Crippen LogP contribution is 1.91. The molecule has 6 nitrogen and oxygen atoms in total. The van der Waals surface area contributed by atoms with Crippen molar-refractivity contribution < 1.29 is 18.3 Å². The van der Waals surface area contributed by atoms with Crippen LogP contribution >= 0.6 is 0 Å². The fourth-order valence-corrected chi connectivity index (χ4v) is 2.14. The number of nitrogens with one attached hydrogen (secondary N) is 1. The molecule has 0 aromatic rings. The van der Waals surface area contributed by atoms with Gasteiger partial charge >= 0.3 is 5.97 Å². The molecule has 0 heterocycles. The molecule has 4 N–H and O–H groups in total. The summed E-state index contributed by atoms with van der Waals surface area (Å²) in [6.07, 6.45) is 0. The molecule has 0 aliphatic rings. The van der Waals surface area contributed by atoms with Crippen molar-refractivity contribution >= 4 is 16.0 Å². The summed E-state index contributed by atoms with van der Waals surface area (Å²) in [5, 5.41) is 8.36. The molecule has 1 unspecified atom stereocenters. The zero-order chi connectivity index (χ0) is 10.6. The van der Waals surface area contributed by atoms with Crippen LogP contribution < -0.4 is 10.5 Å². The van der Waals surface area contributed by atoms with Crippen LogP contribution in [-0.2, 0) is 14.8 Å². The molecule has 0 rings (SSSR count). The smallest absolute Gasteiger partial charge is 0.321 e. The largest absolute Gasteiger partial charge is 0.480 e. The molecular formula is C6H14N2O4S. The van der Waals surface area contributed by atoms with E-state index in [0.717, 1.165) is 0 Å². The molecule has 7 heteroatoms. The van der Waals surface area contributed by atoms with Crippen molar-refractivity contribution in [3.8, 4) is 0 Å². The maximum atomic E-state index is 11.1. The van der Waals surface area contributed by atoms with Crippen molar-refractivity contribution in [1.82, 2.24) is 4.72 Å². The van der Waals surface area contributed by atoms with Gasteiger partial charge in [-0.3, -0.25) is 4.79 Å². The van der Waals surface area contributed by atoms with E-state index in [1.54, 1.807) is 13.8 Å². The number of rotatable bonds is 5. The van der Waals surface area contributed by atoms with E-state index in [2.05, 4.69) is 4.72 Å². The summed E-state index contributed by atoms with van der Waals surface area (Å²) in [5.41, 5.74) is 5.06. The average molecular weight is 210 g/mol. The first kappa shape index (κ1) is 12.3. The highest BCUT2D eigenvalue weighted by Gasteiger charge is 2.21. The van der Waals surface area contributed by atoms with E-state index in [4.69, 9.17) is 10.8 Å². The van der Waals surface area contributed by atoms with E-state index in [1.165, 1.54) is 0 Å². The second-order valence-electron chi connectivity index (χ2n) is 3.00. The summed E-state index contributed by atoms with van der Waals surface area (Å²) in [6.45, 7) is 3.29. The van der Waals surface area contributed by atoms with Crippen LogP contribution in [0, 0.1) is 0 Å². The molecule has 78 valence electrons. The van der Waals surface area contributed by atoms with Gasteiger partial charge in [-0.2, -0.15) is 0 Å². The van der Waals surface area contributed by atoms with Gasteiger partial charge in [0, 0.05) is 6.04 Å². The Morgan fingerprint density at radius 1 is 1.54 bits per heavy atom. The van der Waals surface area contributed by atoms with Gasteiger partial charge in [-0.15, -0.1) is 0 Å². The lowest BCUT2D eigenvalue weighted by molar-refractivity contribution is -0.137. The van der Waals surface area contributed by atoms with Gasteiger partial charge in [0.1, 0.15) is 6.04 Å². The number of nitrogens with two attached hydrogens (primary N) is 1. The van der Waals surface area contributed by atoms with Crippen molar-refractivity contribution in [1.29, 1.82) is 0 Å². The third-order valence-electron chi connectivity index (χ3n) is 1.13. The number of aliphatic carboxylic acids is 1. The fraction of sp³-hybridized carbons (Fsp3) is 0.833. The molecule has 0 amide bonds. The second-order valence-corrected chi connectivity index (χ2v) is 4.80. The maximum Gasteiger partial charge on any atom is 0.321 e. The van der Waals surface area contributed by atoms with Crippen LogP contribution in [0.5, 0.6) is 0 Å². The van der Waals surface area contributed by atoms with Gasteiger partial charge in [-0.05, 0) is 13.8 Å². The molecule has 0 fully saturated rings. The molecule has 0 aliphatic heterocycles. The molecule has 0 radical (unpaired) electrons. The Kier molecular flexibility index (Phi) is 4.31. The Bertz CT molecular complexity index is 272. The van der Waals surface area contributed by atoms with Gasteiger partial charge in [-0.25, -0.2) is 13.1 Å². The number of hydrogen-bond donors (Lipinski definition) is 3. The third kappa shape index (κ3) is 5.56. The molecule has 0 spiro atoms. The number of carboxylic acids is 1. The van der Waals surface area contributed by atoms with E-state index < -0.39 is 27.8 Å². The summed E-state index contributed by atoms with van der Waals surface area (Å²) in [7, 11) is -3.58. The molecule has 0 bridgehead atoms. The summed E-state index contributed by atoms with van der Waals surface area (Å²) >= 11 is 0. The highest BCUT2D eigenvalue weighted by atomic mass is 32.2. The summed E-state index contributed by atoms with van der Waals surface area (Å²) in [5.74, 6) is -1.92. The maximum absolute atomic E-state index is 11.1. The topological polar surface area (TPSA) is 109 Å². The lowest BCUT2D eigenvalue weighted by Gasteiger charge is -2.11. The second kappa shape index (κ2) is 4.54. The molecule has 0 aliphatic carbocycles. The van der Waals surface area contributed by atoms with Gasteiger partial charge in [0.05, 0.1) is 5.75 Å². The van der Waals surface area contributed by atoms with Gasteiger partial charge in [-0.1, -0.05) is 0 Å². The first-order chi connectivity index (χ1) is 5.74. The first-order valence-electron chi connectivity index (χ1n) is 3.73. The quantitative estimate of drug-likeness (QED) is 0.524. The van der Waals surface area contributed by atoms with Crippen molar-refractivity contribution in [2.45, 2.75) is 25.9 Å². The van der Waals surface area contributed by atoms with E-state index in [9.17, 15) is 13.2 Å². The van der Waals surface area contributed by atoms with Crippen molar-refractivity contribution in [2.24, 2.45) is 5.73 Å². The van der Waals surface area contributed by atoms with Crippen molar-refractivity contribution in [3.05, 3.63) is 0 Å². The van der Waals surface area contributed by atoms with E-state index in [-0.39, 0.29) is 6.04 Å². The zero-order valence-corrected chi connectivity index (χ0v) is 8.34. The van der Waals surface area contributed by atoms with Gasteiger partial charge < -0.3 is 10.8 Å². The molecule has 0 aromatic heterocycles. The summed E-state index contributed by atoms with van der Waals surface area (Å²) in [6, 6.07) is -1.64. The van der Waals surface area contributed by atoms with Gasteiger partial charge in [0.2, 0.25) is 10.0 Å². The lowest BCUT2D eigenvalue weighted by atomic mass is 10.4. The lowest BCUT2D eigenvalue weighted by Crippen LogP contribution is -2.43. The minimum absolute atomic E-state index is 0.258. The van der Waals surface area contributed by atoms with Crippen LogP contribution in [0.15, 0.2) is 0 Å². The zero-order valence-electron chi connectivity index (χ0n) is 7.52. The van der Waals surface area contributed by atoms with Crippen LogP contribution in [0.4, 0.5) is 0 Å². The normalized spacial score (nSPS) is 14.5. The van der Waals surface area contributed by atoms with Gasteiger partial charge in [0.25, 0.3) is 0 Å². The fourth-order valence-electron chi connectivity index (χ4n) is 0.715. The first-order valence-corrected chi connectivity index (χ1v) is 5.38. The minimum Gasteiger partial charge on any atom is -0.480 e. The molecular weight excluding hydrogens is 196 g/mol. The molecule has 0 saturated carbocycles. The Balaban J connectivity index is 4.27. The van der Waals surface area contributed by atoms with Gasteiger partial charge in [0.15, 0.2) is 0 Å². The number of carboxylic acid groups (broad SMARTS) is 1. The molecule has 1 atom stereocenters. The molecule has 0 aromatic carbocycles. The van der Waals surface area contributed by atoms with Crippen molar-refractivity contribution in [2.75, 3.05) is 5.75 Å². The Morgan fingerprint density at radius 3 is 2.31 bits per heavy atom. The Morgan fingerprint density at radius 2 is 2.00 bits per heavy atom. The van der Waals surface area contributed by atoms with Crippen molar-refractivity contribution in [3.63, 3.8) is 0 Å². The standard InChI is InChI=1S/C6H14N2O4S/c1-4(2)8-13(11,12)3-5(7)6(9)10/h4-5,8H,3,7H2,1-2H3,(H,9,10). The third-order valence-corrected chi connectivity index (χ3v) is 2.76. The Labute approximate surface area is 77.2 Å². The minimum atomic E-state index is -3.58. The van der Waals surface area contributed by atoms with E-state index >= 15 is 0 Å². The van der Waals surface area contributed by atoms with Crippen LogP contribution in [0.1, 0.15) is 13.8 Å². The molecule has 0 saturated heterocycles. The Hall–Kier alpha value is -0.660. The predicted molar refractivity (Wildman–Crippen MR) is 47.7 cm³/mol. The van der Waals surface area contributed by atoms with Crippen LogP contribution in [0.25, 0.3) is 0 Å². The monoisotopic (exact) mass is 210 g/mol. The summed E-state index contributed by atoms with van der Waals surface area (Å²) < 4.78 is 24.4. The number of sulfonamides is 1.